The summed E-state index contributed by atoms with van der Waals surface area (Å²) in [4.78, 5) is 26.2. The van der Waals surface area contributed by atoms with Crippen molar-refractivity contribution in [2.45, 2.75) is 19.9 Å². The van der Waals surface area contributed by atoms with Gasteiger partial charge in [0.15, 0.2) is 0 Å². The molecule has 0 N–H and O–H groups in total. The first-order valence-electron chi connectivity index (χ1n) is 10.2. The number of hydrogen-bond donors (Lipinski definition) is 0. The van der Waals surface area contributed by atoms with Crippen molar-refractivity contribution in [2.75, 3.05) is 0 Å². The molecule has 4 aliphatic carbocycles. The summed E-state index contributed by atoms with van der Waals surface area (Å²) in [5.41, 5.74) is 2.90. The number of imide groups is 1. The Morgan fingerprint density at radius 3 is 2.45 bits per heavy atom. The van der Waals surface area contributed by atoms with Crippen LogP contribution in [0.3, 0.4) is 0 Å². The molecule has 0 radical (unpaired) electrons. The quantitative estimate of drug-likeness (QED) is 0.354. The zero-order valence-electron chi connectivity index (χ0n) is 16.2. The van der Waals surface area contributed by atoms with Crippen LogP contribution in [0, 0.1) is 54.8 Å². The average molecular weight is 383 g/mol. The largest absolute Gasteiger partial charge is 0.333 e. The summed E-state index contributed by atoms with van der Waals surface area (Å²) >= 11 is 0. The molecule has 0 spiro atoms. The third kappa shape index (κ3) is 2.09. The van der Waals surface area contributed by atoms with Crippen LogP contribution in [0.4, 0.5) is 0 Å². The van der Waals surface area contributed by atoms with Gasteiger partial charge in [0.2, 0.25) is 0 Å². The second-order valence-corrected chi connectivity index (χ2v) is 8.69. The topological polar surface area (TPSA) is 54.7 Å². The van der Waals surface area contributed by atoms with Gasteiger partial charge in [-0.2, -0.15) is 10.1 Å². The van der Waals surface area contributed by atoms with Gasteiger partial charge in [-0.15, -0.1) is 6.42 Å². The molecule has 1 aliphatic heterocycles. The van der Waals surface area contributed by atoms with Crippen LogP contribution >= 0.6 is 0 Å². The van der Waals surface area contributed by atoms with E-state index in [2.05, 4.69) is 27.7 Å². The molecule has 7 rings (SSSR count). The lowest BCUT2D eigenvalue weighted by molar-refractivity contribution is -0.140. The third-order valence-electron chi connectivity index (χ3n) is 7.47. The number of carbonyl (C=O) groups excluding carboxylic acids is 2. The first-order chi connectivity index (χ1) is 14.1. The zero-order chi connectivity index (χ0) is 19.9. The zero-order valence-corrected chi connectivity index (χ0v) is 16.2. The second-order valence-electron chi connectivity index (χ2n) is 8.69. The van der Waals surface area contributed by atoms with Gasteiger partial charge in [-0.25, -0.2) is 0 Å². The SMILES string of the molecule is C#CCn1c(C)c(/C=N\N2C(=O)[C@@H]3[C@H]4C=C[C@@H]([C@@H]5C[C@H]45)[C@H]3C2=O)c2ccccc21. The van der Waals surface area contributed by atoms with Crippen molar-refractivity contribution < 1.29 is 9.59 Å². The normalized spacial score (nSPS) is 34.1. The molecule has 5 nitrogen and oxygen atoms in total. The number of hydrazone groups is 1. The molecular formula is C24H21N3O2. The Hall–Kier alpha value is -3.13. The van der Waals surface area contributed by atoms with Crippen molar-refractivity contribution in [2.24, 2.45) is 40.6 Å². The number of allylic oxidation sites excluding steroid dienone is 2. The molecule has 0 unspecified atom stereocenters. The van der Waals surface area contributed by atoms with Crippen molar-refractivity contribution >= 4 is 28.9 Å². The number of nitrogens with zero attached hydrogens (tertiary/aromatic N) is 3. The van der Waals surface area contributed by atoms with Gasteiger partial charge in [-0.1, -0.05) is 36.3 Å². The van der Waals surface area contributed by atoms with Gasteiger partial charge in [-0.3, -0.25) is 9.59 Å². The fourth-order valence-corrected chi connectivity index (χ4v) is 6.09. The lowest BCUT2D eigenvalue weighted by Gasteiger charge is -2.37. The summed E-state index contributed by atoms with van der Waals surface area (Å²) in [6, 6.07) is 7.98. The monoisotopic (exact) mass is 383 g/mol. The molecule has 1 saturated heterocycles. The molecule has 144 valence electrons. The van der Waals surface area contributed by atoms with Crippen LogP contribution < -0.4 is 0 Å². The van der Waals surface area contributed by atoms with E-state index >= 15 is 0 Å². The summed E-state index contributed by atoms with van der Waals surface area (Å²) < 4.78 is 2.06. The van der Waals surface area contributed by atoms with Crippen LogP contribution in [-0.4, -0.2) is 27.6 Å². The van der Waals surface area contributed by atoms with Crippen LogP contribution in [0.25, 0.3) is 10.9 Å². The minimum Gasteiger partial charge on any atom is -0.333 e. The number of benzene rings is 1. The van der Waals surface area contributed by atoms with E-state index in [0.29, 0.717) is 18.4 Å². The first kappa shape index (κ1) is 16.8. The predicted molar refractivity (Wildman–Crippen MR) is 110 cm³/mol. The van der Waals surface area contributed by atoms with Crippen molar-refractivity contribution in [3.8, 4) is 12.3 Å². The Morgan fingerprint density at radius 1 is 1.14 bits per heavy atom. The number of para-hydroxylation sites is 1. The average Bonchev–Trinajstić information content (AvgIpc) is 3.47. The number of aromatic nitrogens is 1. The van der Waals surface area contributed by atoms with E-state index in [1.807, 2.05) is 31.2 Å². The molecule has 5 heteroatoms. The van der Waals surface area contributed by atoms with Crippen LogP contribution in [0.5, 0.6) is 0 Å². The van der Waals surface area contributed by atoms with Gasteiger partial charge in [0.1, 0.15) is 0 Å². The minimum atomic E-state index is -0.220. The number of amides is 2. The van der Waals surface area contributed by atoms with Gasteiger partial charge in [0, 0.05) is 22.2 Å². The smallest absolute Gasteiger partial charge is 0.254 e. The van der Waals surface area contributed by atoms with Gasteiger partial charge in [0.25, 0.3) is 11.8 Å². The highest BCUT2D eigenvalue weighted by Gasteiger charge is 2.67. The standard InChI is InChI=1S/C24H21N3O2/c1-3-10-26-13(2)19(14-6-4-5-7-20(14)26)12-25-27-23(28)21-15-8-9-16(18-11-17(15)18)22(21)24(27)29/h1,4-9,12,15-18,21-22H,10-11H2,2H3/b25-12-/t15-,16-,17-,18+,21+,22+/m0/s1. The highest BCUT2D eigenvalue weighted by molar-refractivity contribution is 6.08. The van der Waals surface area contributed by atoms with Crippen molar-refractivity contribution in [3.63, 3.8) is 0 Å². The van der Waals surface area contributed by atoms with Crippen molar-refractivity contribution in [1.82, 2.24) is 9.58 Å². The Balaban J connectivity index is 1.38. The van der Waals surface area contributed by atoms with E-state index in [0.717, 1.165) is 33.6 Å². The van der Waals surface area contributed by atoms with Crippen LogP contribution in [0.1, 0.15) is 17.7 Å². The lowest BCUT2D eigenvalue weighted by Crippen LogP contribution is -2.40. The van der Waals surface area contributed by atoms with E-state index in [-0.39, 0.29) is 35.5 Å². The molecule has 1 aromatic carbocycles. The van der Waals surface area contributed by atoms with Crippen LogP contribution in [-0.2, 0) is 16.1 Å². The number of terminal acetylenes is 1. The molecule has 2 aromatic rings. The molecule has 3 fully saturated rings. The summed E-state index contributed by atoms with van der Waals surface area (Å²) in [6.07, 6.45) is 12.7. The van der Waals surface area contributed by atoms with E-state index in [9.17, 15) is 9.59 Å². The van der Waals surface area contributed by atoms with E-state index in [4.69, 9.17) is 6.42 Å². The van der Waals surface area contributed by atoms with Gasteiger partial charge >= 0.3 is 0 Å². The molecule has 2 amide bonds. The molecule has 5 aliphatic rings. The highest BCUT2D eigenvalue weighted by Crippen LogP contribution is 2.65. The fraction of sp³-hybridized carbons (Fsp3) is 0.375. The maximum atomic E-state index is 13.1. The molecule has 2 bridgehead atoms. The van der Waals surface area contributed by atoms with Gasteiger partial charge in [-0.05, 0) is 43.1 Å². The van der Waals surface area contributed by atoms with E-state index < -0.39 is 0 Å². The summed E-state index contributed by atoms with van der Waals surface area (Å²) in [5.74, 6) is 3.60. The van der Waals surface area contributed by atoms with E-state index in [1.165, 1.54) is 0 Å². The molecule has 29 heavy (non-hydrogen) atoms. The number of rotatable bonds is 3. The summed E-state index contributed by atoms with van der Waals surface area (Å²) in [7, 11) is 0. The van der Waals surface area contributed by atoms with E-state index in [1.54, 1.807) is 6.21 Å². The van der Waals surface area contributed by atoms with Gasteiger partial charge in [0.05, 0.1) is 24.6 Å². The van der Waals surface area contributed by atoms with Crippen molar-refractivity contribution in [3.05, 3.63) is 47.7 Å². The molecule has 1 aromatic heterocycles. The maximum Gasteiger partial charge on any atom is 0.254 e. The number of carbonyl (C=O) groups is 2. The second kappa shape index (κ2) is 5.70. The first-order valence-corrected chi connectivity index (χ1v) is 10.2. The van der Waals surface area contributed by atoms with Gasteiger partial charge < -0.3 is 4.57 Å². The lowest BCUT2D eigenvalue weighted by atomic mass is 9.63. The Morgan fingerprint density at radius 2 is 1.79 bits per heavy atom. The highest BCUT2D eigenvalue weighted by atomic mass is 16.2. The number of fused-ring (bicyclic) bond motifs is 1. The molecule has 6 atom stereocenters. The van der Waals surface area contributed by atoms with Crippen LogP contribution in [0.15, 0.2) is 41.5 Å². The van der Waals surface area contributed by atoms with Crippen molar-refractivity contribution in [1.29, 1.82) is 0 Å². The minimum absolute atomic E-state index is 0.133. The summed E-state index contributed by atoms with van der Waals surface area (Å²) in [5, 5.41) is 6.57. The predicted octanol–water partition coefficient (Wildman–Crippen LogP) is 2.97. The van der Waals surface area contributed by atoms with Crippen LogP contribution in [0.2, 0.25) is 0 Å². The Labute approximate surface area is 169 Å². The Kier molecular flexibility index (Phi) is 3.30. The third-order valence-corrected chi connectivity index (χ3v) is 7.47. The molecular weight excluding hydrogens is 362 g/mol. The molecule has 2 saturated carbocycles. The Bertz CT molecular complexity index is 1140. The maximum absolute atomic E-state index is 13.1. The molecule has 2 heterocycles. The number of hydrogen-bond acceptors (Lipinski definition) is 3. The fourth-order valence-electron chi connectivity index (χ4n) is 6.09. The summed E-state index contributed by atoms with van der Waals surface area (Å²) in [6.45, 7) is 2.45.